The molecule has 0 N–H and O–H groups in total. The van der Waals surface area contributed by atoms with Crippen LogP contribution in [0.1, 0.15) is 5.56 Å². The van der Waals surface area contributed by atoms with Crippen LogP contribution in [0.5, 0.6) is 0 Å². The molecule has 0 aliphatic carbocycles. The van der Waals surface area contributed by atoms with E-state index in [0.717, 1.165) is 16.3 Å². The molecule has 0 atom stereocenters. The molecule has 0 saturated carbocycles. The quantitative estimate of drug-likeness (QED) is 0.456. The average Bonchev–Trinajstić information content (AvgIpc) is 2.68. The van der Waals surface area contributed by atoms with Crippen LogP contribution in [0.15, 0.2) is 97.6 Å². The Morgan fingerprint density at radius 1 is 0.840 bits per heavy atom. The number of hydrogen-bond acceptors (Lipinski definition) is 2. The van der Waals surface area contributed by atoms with Crippen LogP contribution < -0.4 is 10.7 Å². The van der Waals surface area contributed by atoms with E-state index in [1.54, 1.807) is 0 Å². The van der Waals surface area contributed by atoms with Crippen LogP contribution in [0.3, 0.4) is 0 Å². The summed E-state index contributed by atoms with van der Waals surface area (Å²) in [6, 6.07) is 28.5. The second kappa shape index (κ2) is 7.70. The van der Waals surface area contributed by atoms with Gasteiger partial charge in [-0.25, -0.2) is 0 Å². The van der Waals surface area contributed by atoms with Gasteiger partial charge in [0.2, 0.25) is 0 Å². The van der Waals surface area contributed by atoms with Gasteiger partial charge in [-0.1, -0.05) is 0 Å². The fourth-order valence-corrected chi connectivity index (χ4v) is 14.5. The Balaban J connectivity index is 2.37. The predicted octanol–water partition coefficient (Wildman–Crippen LogP) is 2.69. The Hall–Kier alpha value is -2.33. The van der Waals surface area contributed by atoms with Gasteiger partial charge in [0.1, 0.15) is 0 Å². The molecule has 0 spiro atoms. The Morgan fingerprint density at radius 2 is 1.32 bits per heavy atom. The van der Waals surface area contributed by atoms with Gasteiger partial charge in [-0.3, -0.25) is 0 Å². The number of aryl methyl sites for hydroxylation is 1. The molecule has 0 amide bonds. The van der Waals surface area contributed by atoms with Crippen LogP contribution in [0.4, 0.5) is 0 Å². The molecule has 3 rings (SSSR count). The molecule has 0 bridgehead atoms. The first-order valence-electron chi connectivity index (χ1n) is 8.21. The van der Waals surface area contributed by atoms with Crippen LogP contribution in [-0.2, 0) is 7.87 Å². The first kappa shape index (κ1) is 17.5. The summed E-state index contributed by atoms with van der Waals surface area (Å²) in [4.78, 5) is 12.4. The SMILES string of the molecule is C=CC(=O)[O][Sn]([c]1ccccc1)([c]1ccccc1)[c]1ccccc1C. The minimum absolute atomic E-state index is 0.369. The molecule has 3 aromatic carbocycles. The van der Waals surface area contributed by atoms with Crippen molar-refractivity contribution in [3.8, 4) is 0 Å². The van der Waals surface area contributed by atoms with Crippen molar-refractivity contribution in [3.05, 3.63) is 103 Å². The van der Waals surface area contributed by atoms with Gasteiger partial charge in [-0.2, -0.15) is 0 Å². The van der Waals surface area contributed by atoms with E-state index in [1.165, 1.54) is 6.08 Å². The number of benzene rings is 3. The first-order valence-corrected chi connectivity index (χ1v) is 13.7. The van der Waals surface area contributed by atoms with E-state index in [2.05, 4.69) is 49.9 Å². The predicted molar refractivity (Wildman–Crippen MR) is 105 cm³/mol. The van der Waals surface area contributed by atoms with Crippen LogP contribution in [0.2, 0.25) is 0 Å². The monoisotopic (exact) mass is 436 g/mol. The summed E-state index contributed by atoms with van der Waals surface area (Å²) in [5, 5.41) is 0. The topological polar surface area (TPSA) is 26.3 Å². The first-order chi connectivity index (χ1) is 12.2. The molecular formula is C22H20O2Sn. The Kier molecular flexibility index (Phi) is 5.39. The zero-order valence-corrected chi connectivity index (χ0v) is 17.0. The summed E-state index contributed by atoms with van der Waals surface area (Å²) in [7, 11) is 0. The molecule has 25 heavy (non-hydrogen) atoms. The van der Waals surface area contributed by atoms with Gasteiger partial charge >= 0.3 is 153 Å². The second-order valence-corrected chi connectivity index (χ2v) is 15.2. The summed E-state index contributed by atoms with van der Waals surface area (Å²) < 4.78 is 9.63. The standard InChI is InChI=1S/C7H7.2C6H5.C3H4O2.Sn/c1-7-5-3-2-4-6-7;2*1-2-4-6-5-3-1;1-2-3(4)5;/h2-5H,1H3;2*1-5H;2H,1H2,(H,4,5);/q;;;;+1/p-1. The Morgan fingerprint density at radius 3 is 1.80 bits per heavy atom. The van der Waals surface area contributed by atoms with E-state index >= 15 is 0 Å². The van der Waals surface area contributed by atoms with Crippen molar-refractivity contribution in [3.63, 3.8) is 0 Å². The minimum atomic E-state index is -3.97. The van der Waals surface area contributed by atoms with Gasteiger partial charge < -0.3 is 0 Å². The van der Waals surface area contributed by atoms with Gasteiger partial charge in [-0.05, 0) is 0 Å². The van der Waals surface area contributed by atoms with Crippen molar-refractivity contribution in [2.75, 3.05) is 0 Å². The second-order valence-electron chi connectivity index (χ2n) is 5.85. The van der Waals surface area contributed by atoms with Crippen LogP contribution in [-0.4, -0.2) is 24.8 Å². The van der Waals surface area contributed by atoms with Crippen LogP contribution in [0, 0.1) is 6.92 Å². The van der Waals surface area contributed by atoms with Crippen molar-refractivity contribution < 1.29 is 7.87 Å². The zero-order valence-electron chi connectivity index (χ0n) is 14.2. The van der Waals surface area contributed by atoms with E-state index in [0.29, 0.717) is 0 Å². The fraction of sp³-hybridized carbons (Fsp3) is 0.0455. The summed E-state index contributed by atoms with van der Waals surface area (Å²) in [6.07, 6.45) is 1.26. The molecule has 2 nitrogen and oxygen atoms in total. The van der Waals surface area contributed by atoms with Gasteiger partial charge in [-0.15, -0.1) is 0 Å². The summed E-state index contributed by atoms with van der Waals surface area (Å²) in [6.45, 7) is 5.69. The third-order valence-electron chi connectivity index (χ3n) is 4.31. The number of hydrogen-bond donors (Lipinski definition) is 0. The van der Waals surface area contributed by atoms with Gasteiger partial charge in [0.25, 0.3) is 0 Å². The maximum atomic E-state index is 12.4. The molecule has 3 aromatic rings. The van der Waals surface area contributed by atoms with Crippen molar-refractivity contribution in [1.82, 2.24) is 0 Å². The molecule has 0 heterocycles. The molecule has 0 aliphatic heterocycles. The van der Waals surface area contributed by atoms with Gasteiger partial charge in [0.05, 0.1) is 0 Å². The molecular weight excluding hydrogens is 415 g/mol. The Bertz CT molecular complexity index is 833. The van der Waals surface area contributed by atoms with Crippen LogP contribution >= 0.6 is 0 Å². The van der Waals surface area contributed by atoms with Crippen molar-refractivity contribution in [1.29, 1.82) is 0 Å². The summed E-state index contributed by atoms with van der Waals surface area (Å²) in [5.74, 6) is -0.369. The fourth-order valence-electron chi connectivity index (χ4n) is 3.16. The van der Waals surface area contributed by atoms with Crippen molar-refractivity contribution in [2.45, 2.75) is 6.92 Å². The number of carbonyl (C=O) groups is 1. The molecule has 0 aromatic heterocycles. The Labute approximate surface area is 153 Å². The van der Waals surface area contributed by atoms with E-state index in [4.69, 9.17) is 3.07 Å². The molecule has 0 aliphatic rings. The third kappa shape index (κ3) is 3.40. The molecule has 3 heteroatoms. The van der Waals surface area contributed by atoms with Gasteiger partial charge in [0, 0.05) is 0 Å². The number of rotatable bonds is 5. The van der Waals surface area contributed by atoms with E-state index in [9.17, 15) is 4.79 Å². The molecule has 0 fully saturated rings. The van der Waals surface area contributed by atoms with E-state index in [1.807, 2.05) is 48.5 Å². The van der Waals surface area contributed by atoms with Gasteiger partial charge in [0.15, 0.2) is 0 Å². The van der Waals surface area contributed by atoms with E-state index in [-0.39, 0.29) is 5.97 Å². The van der Waals surface area contributed by atoms with Crippen molar-refractivity contribution >= 4 is 35.5 Å². The molecule has 0 radical (unpaired) electrons. The normalized spacial score (nSPS) is 10.9. The van der Waals surface area contributed by atoms with E-state index < -0.39 is 18.8 Å². The summed E-state index contributed by atoms with van der Waals surface area (Å²) in [5.41, 5.74) is 1.14. The third-order valence-corrected chi connectivity index (χ3v) is 16.1. The maximum absolute atomic E-state index is 12.4. The molecule has 0 unspecified atom stereocenters. The van der Waals surface area contributed by atoms with Crippen LogP contribution in [0.25, 0.3) is 0 Å². The average molecular weight is 435 g/mol. The molecule has 124 valence electrons. The summed E-state index contributed by atoms with van der Waals surface area (Å²) >= 11 is -3.97. The van der Waals surface area contributed by atoms with Crippen molar-refractivity contribution in [2.24, 2.45) is 0 Å². The molecule has 0 saturated heterocycles. The number of carbonyl (C=O) groups excluding carboxylic acids is 1. The zero-order chi connectivity index (χ0) is 17.7.